The summed E-state index contributed by atoms with van der Waals surface area (Å²) < 4.78 is 35.8. The molecule has 0 saturated carbocycles. The number of carbonyl (C=O) groups is 2. The Morgan fingerprint density at radius 1 is 1.25 bits per heavy atom. The molecule has 1 aromatic carbocycles. The van der Waals surface area contributed by atoms with Crippen LogP contribution < -0.4 is 16.4 Å². The smallest absolute Gasteiger partial charge is 0.374 e. The molecule has 5 nitrogen and oxygen atoms in total. The van der Waals surface area contributed by atoms with Crippen molar-refractivity contribution in [3.05, 3.63) is 29.8 Å². The molecular formula is C12H14F3N3O2. The monoisotopic (exact) mass is 289 g/mol. The van der Waals surface area contributed by atoms with Crippen molar-refractivity contribution in [1.82, 2.24) is 5.32 Å². The van der Waals surface area contributed by atoms with Gasteiger partial charge in [0.2, 0.25) is 11.8 Å². The van der Waals surface area contributed by atoms with Gasteiger partial charge in [-0.05, 0) is 31.2 Å². The van der Waals surface area contributed by atoms with E-state index >= 15 is 0 Å². The van der Waals surface area contributed by atoms with Crippen molar-refractivity contribution in [2.24, 2.45) is 5.73 Å². The fourth-order valence-electron chi connectivity index (χ4n) is 1.39. The maximum atomic E-state index is 11.9. The number of nitrogens with two attached hydrogens (primary N) is 1. The Hall–Kier alpha value is -2.25. The van der Waals surface area contributed by atoms with Gasteiger partial charge in [0.25, 0.3) is 0 Å². The van der Waals surface area contributed by atoms with Crippen LogP contribution in [-0.4, -0.2) is 30.6 Å². The number of halogens is 3. The van der Waals surface area contributed by atoms with Crippen LogP contribution in [0.15, 0.2) is 24.3 Å². The lowest BCUT2D eigenvalue weighted by Gasteiger charge is -2.16. The Kier molecular flexibility index (Phi) is 4.95. The van der Waals surface area contributed by atoms with Crippen LogP contribution in [-0.2, 0) is 4.79 Å². The summed E-state index contributed by atoms with van der Waals surface area (Å²) in [5.41, 5.74) is 5.85. The molecular weight excluding hydrogens is 275 g/mol. The predicted octanol–water partition coefficient (Wildman–Crippen LogP) is 1.26. The maximum absolute atomic E-state index is 11.9. The molecule has 0 radical (unpaired) electrons. The van der Waals surface area contributed by atoms with Gasteiger partial charge in [0.15, 0.2) is 0 Å². The zero-order chi connectivity index (χ0) is 15.3. The lowest BCUT2D eigenvalue weighted by Crippen LogP contribution is -2.42. The van der Waals surface area contributed by atoms with E-state index in [1.54, 1.807) is 5.32 Å². The molecule has 0 aromatic heterocycles. The van der Waals surface area contributed by atoms with Crippen molar-refractivity contribution >= 4 is 17.5 Å². The van der Waals surface area contributed by atoms with Crippen LogP contribution in [0.3, 0.4) is 0 Å². The Bertz CT molecular complexity index is 486. The van der Waals surface area contributed by atoms with E-state index in [4.69, 9.17) is 5.73 Å². The van der Waals surface area contributed by atoms with Crippen molar-refractivity contribution in [3.8, 4) is 0 Å². The van der Waals surface area contributed by atoms with E-state index in [0.717, 1.165) is 0 Å². The number of nitrogens with one attached hydrogen (secondary N) is 2. The highest BCUT2D eigenvalue weighted by Crippen LogP contribution is 2.13. The maximum Gasteiger partial charge on any atom is 0.405 e. The first kappa shape index (κ1) is 15.8. The van der Waals surface area contributed by atoms with Crippen LogP contribution in [0.4, 0.5) is 18.9 Å². The number of hydrogen-bond acceptors (Lipinski definition) is 3. The Morgan fingerprint density at radius 2 is 1.80 bits per heavy atom. The summed E-state index contributed by atoms with van der Waals surface area (Å²) in [6.45, 7) is 0.0478. The lowest BCUT2D eigenvalue weighted by molar-refractivity contribution is -0.138. The fraction of sp³-hybridized carbons (Fsp3) is 0.333. The predicted molar refractivity (Wildman–Crippen MR) is 67.1 cm³/mol. The highest BCUT2D eigenvalue weighted by Gasteiger charge is 2.28. The first-order valence-electron chi connectivity index (χ1n) is 5.70. The number of carbonyl (C=O) groups excluding carboxylic acids is 2. The Balaban J connectivity index is 2.55. The van der Waals surface area contributed by atoms with Crippen LogP contribution in [0.5, 0.6) is 0 Å². The Labute approximate surface area is 113 Å². The van der Waals surface area contributed by atoms with Gasteiger partial charge >= 0.3 is 6.18 Å². The second kappa shape index (κ2) is 6.27. The van der Waals surface area contributed by atoms with E-state index in [1.807, 2.05) is 0 Å². The minimum absolute atomic E-state index is 0.296. The summed E-state index contributed by atoms with van der Waals surface area (Å²) >= 11 is 0. The first-order chi connectivity index (χ1) is 9.19. The summed E-state index contributed by atoms with van der Waals surface area (Å²) in [7, 11) is 0. The molecule has 0 aliphatic carbocycles. The average molecular weight is 289 g/mol. The number of amides is 2. The number of benzene rings is 1. The first-order valence-corrected chi connectivity index (χ1v) is 5.70. The minimum Gasteiger partial charge on any atom is -0.374 e. The van der Waals surface area contributed by atoms with E-state index in [-0.39, 0.29) is 0 Å². The number of anilines is 1. The summed E-state index contributed by atoms with van der Waals surface area (Å²) in [4.78, 5) is 22.3. The molecule has 1 atom stereocenters. The van der Waals surface area contributed by atoms with Gasteiger partial charge in [-0.3, -0.25) is 9.59 Å². The van der Waals surface area contributed by atoms with Gasteiger partial charge in [-0.1, -0.05) is 0 Å². The molecule has 0 saturated heterocycles. The van der Waals surface area contributed by atoms with Gasteiger partial charge in [-0.25, -0.2) is 0 Å². The third kappa shape index (κ3) is 5.17. The number of alkyl halides is 3. The van der Waals surface area contributed by atoms with Crippen molar-refractivity contribution in [2.75, 3.05) is 11.9 Å². The van der Waals surface area contributed by atoms with Gasteiger partial charge in [0.05, 0.1) is 0 Å². The van der Waals surface area contributed by atoms with Crippen molar-refractivity contribution < 1.29 is 22.8 Å². The normalized spacial score (nSPS) is 12.6. The van der Waals surface area contributed by atoms with E-state index in [2.05, 4.69) is 5.32 Å². The molecule has 110 valence electrons. The van der Waals surface area contributed by atoms with Crippen LogP contribution in [0, 0.1) is 0 Å². The molecule has 0 aliphatic rings. The molecule has 1 rings (SSSR count). The molecule has 20 heavy (non-hydrogen) atoms. The standard InChI is InChI=1S/C12H14F3N3O2/c1-7(11(20)17-6-12(13,14)15)18-9-4-2-8(3-5-9)10(16)19/h2-5,7,18H,6H2,1H3,(H2,16,19)(H,17,20). The van der Waals surface area contributed by atoms with Crippen molar-refractivity contribution in [3.63, 3.8) is 0 Å². The lowest BCUT2D eigenvalue weighted by atomic mass is 10.2. The molecule has 1 unspecified atom stereocenters. The van der Waals surface area contributed by atoms with Crippen LogP contribution in [0.1, 0.15) is 17.3 Å². The number of rotatable bonds is 5. The molecule has 4 N–H and O–H groups in total. The molecule has 0 heterocycles. The molecule has 2 amide bonds. The summed E-state index contributed by atoms with van der Waals surface area (Å²) in [5.74, 6) is -1.37. The van der Waals surface area contributed by atoms with Crippen LogP contribution in [0.2, 0.25) is 0 Å². The van der Waals surface area contributed by atoms with Crippen molar-refractivity contribution in [1.29, 1.82) is 0 Å². The summed E-state index contributed by atoms with van der Waals surface area (Å²) in [6, 6.07) is 5.06. The van der Waals surface area contributed by atoms with Gasteiger partial charge < -0.3 is 16.4 Å². The molecule has 8 heteroatoms. The highest BCUT2D eigenvalue weighted by molar-refractivity contribution is 5.93. The Morgan fingerprint density at radius 3 is 2.25 bits per heavy atom. The second-order valence-corrected chi connectivity index (χ2v) is 4.14. The zero-order valence-electron chi connectivity index (χ0n) is 10.6. The highest BCUT2D eigenvalue weighted by atomic mass is 19.4. The minimum atomic E-state index is -4.45. The van der Waals surface area contributed by atoms with E-state index in [9.17, 15) is 22.8 Å². The number of hydrogen-bond donors (Lipinski definition) is 3. The molecule has 0 spiro atoms. The molecule has 0 fully saturated rings. The van der Waals surface area contributed by atoms with Crippen molar-refractivity contribution in [2.45, 2.75) is 19.1 Å². The third-order valence-electron chi connectivity index (χ3n) is 2.41. The van der Waals surface area contributed by atoms with Crippen LogP contribution in [0.25, 0.3) is 0 Å². The fourth-order valence-corrected chi connectivity index (χ4v) is 1.39. The quantitative estimate of drug-likeness (QED) is 0.763. The SMILES string of the molecule is CC(Nc1ccc(C(N)=O)cc1)C(=O)NCC(F)(F)F. The topological polar surface area (TPSA) is 84.2 Å². The van der Waals surface area contributed by atoms with Gasteiger partial charge in [-0.15, -0.1) is 0 Å². The number of primary amides is 1. The van der Waals surface area contributed by atoms with E-state index in [1.165, 1.54) is 31.2 Å². The van der Waals surface area contributed by atoms with Crippen LogP contribution >= 0.6 is 0 Å². The molecule has 0 aliphatic heterocycles. The van der Waals surface area contributed by atoms with E-state index < -0.39 is 30.6 Å². The molecule has 1 aromatic rings. The second-order valence-electron chi connectivity index (χ2n) is 4.14. The van der Waals surface area contributed by atoms with Gasteiger partial charge in [0.1, 0.15) is 12.6 Å². The van der Waals surface area contributed by atoms with Gasteiger partial charge in [-0.2, -0.15) is 13.2 Å². The van der Waals surface area contributed by atoms with E-state index in [0.29, 0.717) is 11.3 Å². The summed E-state index contributed by atoms with van der Waals surface area (Å²) in [5, 5.41) is 4.48. The summed E-state index contributed by atoms with van der Waals surface area (Å²) in [6.07, 6.45) is -4.45. The molecule has 0 bridgehead atoms. The third-order valence-corrected chi connectivity index (χ3v) is 2.41. The largest absolute Gasteiger partial charge is 0.405 e. The zero-order valence-corrected chi connectivity index (χ0v) is 10.6. The van der Waals surface area contributed by atoms with Gasteiger partial charge in [0, 0.05) is 11.3 Å². The average Bonchev–Trinajstić information content (AvgIpc) is 2.35.